The lowest BCUT2D eigenvalue weighted by Gasteiger charge is -2.13. The minimum Gasteiger partial charge on any atom is -0.456 e. The summed E-state index contributed by atoms with van der Waals surface area (Å²) >= 11 is 0. The number of rotatable bonds is 6. The number of nitrogens with zero attached hydrogens (tertiary/aromatic N) is 5. The third kappa shape index (κ3) is 5.79. The Morgan fingerprint density at radius 3 is 1.53 bits per heavy atom. The number of aromatic nitrogens is 4. The van der Waals surface area contributed by atoms with Crippen LogP contribution in [0.3, 0.4) is 0 Å². The van der Waals surface area contributed by atoms with E-state index >= 15 is 0 Å². The van der Waals surface area contributed by atoms with Crippen molar-refractivity contribution >= 4 is 21.9 Å². The zero-order valence-corrected chi connectivity index (χ0v) is 27.2. The predicted octanol–water partition coefficient (Wildman–Crippen LogP) is 11.0. The highest BCUT2D eigenvalue weighted by atomic mass is 16.3. The largest absolute Gasteiger partial charge is 0.456 e. The SMILES string of the molecule is N#Cc1ccc2c(c1)oc1cc(-c3ccc(-c4cc(-c5cccnc5)cc(-c5nc(-c6ccccc6)nc(-c6ccccc6)n5)c4)cc3)ccc12. The maximum atomic E-state index is 9.32. The van der Waals surface area contributed by atoms with Crippen molar-refractivity contribution in [1.82, 2.24) is 19.9 Å². The lowest BCUT2D eigenvalue weighted by Crippen LogP contribution is -2.00. The Kier molecular flexibility index (Phi) is 7.42. The van der Waals surface area contributed by atoms with Crippen LogP contribution in [0.15, 0.2) is 168 Å². The Morgan fingerprint density at radius 1 is 0.412 bits per heavy atom. The van der Waals surface area contributed by atoms with Crippen LogP contribution in [-0.2, 0) is 0 Å². The van der Waals surface area contributed by atoms with E-state index in [9.17, 15) is 5.26 Å². The van der Waals surface area contributed by atoms with E-state index in [2.05, 4.69) is 77.8 Å². The van der Waals surface area contributed by atoms with Crippen LogP contribution < -0.4 is 0 Å². The molecule has 238 valence electrons. The molecule has 0 bridgehead atoms. The Hall–Kier alpha value is -7.23. The highest BCUT2D eigenvalue weighted by Crippen LogP contribution is 2.36. The number of fused-ring (bicyclic) bond motifs is 3. The fourth-order valence-corrected chi connectivity index (χ4v) is 6.44. The molecule has 0 N–H and O–H groups in total. The van der Waals surface area contributed by atoms with Crippen LogP contribution in [0.5, 0.6) is 0 Å². The van der Waals surface area contributed by atoms with Crippen molar-refractivity contribution in [3.05, 3.63) is 170 Å². The highest BCUT2D eigenvalue weighted by Gasteiger charge is 2.15. The topological polar surface area (TPSA) is 88.5 Å². The average Bonchev–Trinajstić information content (AvgIpc) is 3.58. The number of furan rings is 1. The van der Waals surface area contributed by atoms with Gasteiger partial charge in [-0.05, 0) is 82.4 Å². The highest BCUT2D eigenvalue weighted by molar-refractivity contribution is 6.06. The lowest BCUT2D eigenvalue weighted by atomic mass is 9.95. The summed E-state index contributed by atoms with van der Waals surface area (Å²) in [6, 6.07) is 53.0. The van der Waals surface area contributed by atoms with Gasteiger partial charge in [0.15, 0.2) is 17.5 Å². The molecular weight excluding hydrogens is 627 g/mol. The molecule has 3 aromatic heterocycles. The maximum Gasteiger partial charge on any atom is 0.164 e. The molecule has 0 aliphatic rings. The monoisotopic (exact) mass is 653 g/mol. The lowest BCUT2D eigenvalue weighted by molar-refractivity contribution is 0.669. The molecule has 0 radical (unpaired) electrons. The van der Waals surface area contributed by atoms with Gasteiger partial charge in [-0.1, -0.05) is 97.1 Å². The standard InChI is InChI=1S/C45H27N5O/c46-27-29-13-19-39-40-20-18-34(26-42(40)51-41(39)22-29)30-14-16-31(17-15-30)36-23-37(35-12-7-21-47-28-35)25-38(24-36)45-49-43(32-8-3-1-4-9-32)48-44(50-45)33-10-5-2-6-11-33/h1-26,28H. The van der Waals surface area contributed by atoms with E-state index in [1.807, 2.05) is 85.1 Å². The first-order chi connectivity index (χ1) is 25.2. The number of hydrogen-bond acceptors (Lipinski definition) is 6. The molecule has 0 saturated heterocycles. The second-order valence-electron chi connectivity index (χ2n) is 12.3. The summed E-state index contributed by atoms with van der Waals surface area (Å²) in [5.41, 5.74) is 11.0. The van der Waals surface area contributed by atoms with Gasteiger partial charge < -0.3 is 4.42 Å². The second kappa shape index (κ2) is 12.7. The van der Waals surface area contributed by atoms with Gasteiger partial charge in [-0.2, -0.15) is 5.26 Å². The maximum absolute atomic E-state index is 9.32. The van der Waals surface area contributed by atoms with Gasteiger partial charge in [0.05, 0.1) is 11.6 Å². The molecule has 0 atom stereocenters. The molecule has 0 amide bonds. The normalized spacial score (nSPS) is 11.1. The van der Waals surface area contributed by atoms with Gasteiger partial charge >= 0.3 is 0 Å². The van der Waals surface area contributed by atoms with E-state index in [-0.39, 0.29) is 0 Å². The summed E-state index contributed by atoms with van der Waals surface area (Å²) in [6.07, 6.45) is 3.66. The summed E-state index contributed by atoms with van der Waals surface area (Å²) in [7, 11) is 0. The smallest absolute Gasteiger partial charge is 0.164 e. The van der Waals surface area contributed by atoms with Gasteiger partial charge in [0.1, 0.15) is 11.2 Å². The summed E-state index contributed by atoms with van der Waals surface area (Å²) in [5, 5.41) is 11.3. The van der Waals surface area contributed by atoms with Gasteiger partial charge in [-0.15, -0.1) is 0 Å². The van der Waals surface area contributed by atoms with Gasteiger partial charge in [-0.25, -0.2) is 15.0 Å². The molecule has 6 nitrogen and oxygen atoms in total. The van der Waals surface area contributed by atoms with Crippen LogP contribution in [0.1, 0.15) is 5.56 Å². The number of nitriles is 1. The average molecular weight is 654 g/mol. The van der Waals surface area contributed by atoms with Gasteiger partial charge in [0.25, 0.3) is 0 Å². The van der Waals surface area contributed by atoms with Crippen molar-refractivity contribution in [2.24, 2.45) is 0 Å². The van der Waals surface area contributed by atoms with Crippen molar-refractivity contribution in [3.63, 3.8) is 0 Å². The minimum atomic E-state index is 0.580. The van der Waals surface area contributed by atoms with Crippen LogP contribution in [0.2, 0.25) is 0 Å². The second-order valence-corrected chi connectivity index (χ2v) is 12.3. The van der Waals surface area contributed by atoms with Crippen molar-refractivity contribution in [3.8, 4) is 73.6 Å². The molecule has 9 aromatic rings. The van der Waals surface area contributed by atoms with E-state index in [1.165, 1.54) is 0 Å². The molecule has 0 saturated carbocycles. The van der Waals surface area contributed by atoms with Crippen LogP contribution in [0, 0.1) is 11.3 Å². The quantitative estimate of drug-likeness (QED) is 0.177. The van der Waals surface area contributed by atoms with Crippen molar-refractivity contribution in [1.29, 1.82) is 5.26 Å². The molecule has 6 heteroatoms. The molecule has 0 aliphatic carbocycles. The molecule has 9 rings (SSSR count). The fourth-order valence-electron chi connectivity index (χ4n) is 6.44. The van der Waals surface area contributed by atoms with Crippen LogP contribution >= 0.6 is 0 Å². The fraction of sp³-hybridized carbons (Fsp3) is 0. The third-order valence-corrected chi connectivity index (χ3v) is 9.04. The molecule has 0 aliphatic heterocycles. The Bertz CT molecular complexity index is 2680. The van der Waals surface area contributed by atoms with Crippen LogP contribution in [-0.4, -0.2) is 19.9 Å². The first kappa shape index (κ1) is 29.9. The molecule has 0 spiro atoms. The van der Waals surface area contributed by atoms with Crippen LogP contribution in [0.4, 0.5) is 0 Å². The molecule has 51 heavy (non-hydrogen) atoms. The van der Waals surface area contributed by atoms with Crippen molar-refractivity contribution in [2.45, 2.75) is 0 Å². The minimum absolute atomic E-state index is 0.580. The zero-order valence-electron chi connectivity index (χ0n) is 27.2. The molecular formula is C45H27N5O. The first-order valence-electron chi connectivity index (χ1n) is 16.6. The summed E-state index contributed by atoms with van der Waals surface area (Å²) in [6.45, 7) is 0. The number of hydrogen-bond donors (Lipinski definition) is 0. The molecule has 0 fully saturated rings. The molecule has 6 aromatic carbocycles. The number of pyridine rings is 1. The third-order valence-electron chi connectivity index (χ3n) is 9.04. The van der Waals surface area contributed by atoms with E-state index in [0.717, 1.165) is 66.4 Å². The predicted molar refractivity (Wildman–Crippen MR) is 202 cm³/mol. The van der Waals surface area contributed by atoms with Crippen molar-refractivity contribution in [2.75, 3.05) is 0 Å². The van der Waals surface area contributed by atoms with Gasteiger partial charge in [-0.3, -0.25) is 4.98 Å². The zero-order chi connectivity index (χ0) is 34.1. The summed E-state index contributed by atoms with van der Waals surface area (Å²) < 4.78 is 6.16. The number of benzene rings is 6. The van der Waals surface area contributed by atoms with Gasteiger partial charge in [0, 0.05) is 45.4 Å². The van der Waals surface area contributed by atoms with Gasteiger partial charge in [0.2, 0.25) is 0 Å². The Balaban J connectivity index is 1.14. The van der Waals surface area contributed by atoms with Crippen LogP contribution in [0.25, 0.3) is 89.5 Å². The van der Waals surface area contributed by atoms with E-state index in [1.54, 1.807) is 12.3 Å². The molecule has 3 heterocycles. The van der Waals surface area contributed by atoms with E-state index in [0.29, 0.717) is 28.6 Å². The van der Waals surface area contributed by atoms with Crippen molar-refractivity contribution < 1.29 is 4.42 Å². The Morgan fingerprint density at radius 2 is 0.922 bits per heavy atom. The summed E-state index contributed by atoms with van der Waals surface area (Å²) in [4.78, 5) is 19.3. The summed E-state index contributed by atoms with van der Waals surface area (Å²) in [5.74, 6) is 1.82. The molecule has 0 unspecified atom stereocenters. The van der Waals surface area contributed by atoms with E-state index < -0.39 is 0 Å². The van der Waals surface area contributed by atoms with E-state index in [4.69, 9.17) is 19.4 Å². The first-order valence-corrected chi connectivity index (χ1v) is 16.6. The Labute approximate surface area is 294 Å².